The van der Waals surface area contributed by atoms with Crippen LogP contribution in [0.25, 0.3) is 0 Å². The molecule has 2 aliphatic rings. The first kappa shape index (κ1) is 6.62. The first-order valence-corrected chi connectivity index (χ1v) is 4.14. The van der Waals surface area contributed by atoms with Crippen molar-refractivity contribution in [3.63, 3.8) is 0 Å². The van der Waals surface area contributed by atoms with Crippen molar-refractivity contribution in [2.24, 2.45) is 0 Å². The molecule has 2 aliphatic heterocycles. The van der Waals surface area contributed by atoms with Gasteiger partial charge in [0.1, 0.15) is 0 Å². The van der Waals surface area contributed by atoms with Crippen molar-refractivity contribution in [3.8, 4) is 0 Å². The molecule has 2 heteroatoms. The number of ether oxygens (including phenoxy) is 1. The lowest BCUT2D eigenvalue weighted by Gasteiger charge is -2.20. The predicted molar refractivity (Wildman–Crippen MR) is 39.5 cm³/mol. The van der Waals surface area contributed by atoms with E-state index in [1.165, 1.54) is 25.9 Å². The second-order valence-electron chi connectivity index (χ2n) is 3.13. The fourth-order valence-corrected chi connectivity index (χ4v) is 1.79. The van der Waals surface area contributed by atoms with Crippen LogP contribution in [0.15, 0.2) is 0 Å². The molecule has 0 aromatic rings. The topological polar surface area (TPSA) is 12.5 Å². The molecular formula is C8H14NO. The maximum absolute atomic E-state index is 5.20. The average Bonchev–Trinajstić information content (AvgIpc) is 2.59. The van der Waals surface area contributed by atoms with E-state index in [2.05, 4.69) is 4.90 Å². The summed E-state index contributed by atoms with van der Waals surface area (Å²) >= 11 is 0. The molecule has 0 N–H and O–H groups in total. The van der Waals surface area contributed by atoms with Crippen molar-refractivity contribution in [1.29, 1.82) is 0 Å². The summed E-state index contributed by atoms with van der Waals surface area (Å²) in [6, 6.07) is 0.711. The standard InChI is InChI=1S/C8H14NO/c1-2-5-9(4-1)8-3-6-10-7-8/h6,8H,1-5,7H2. The molecule has 1 unspecified atom stereocenters. The number of hydrogen-bond donors (Lipinski definition) is 0. The quantitative estimate of drug-likeness (QED) is 0.539. The third-order valence-electron chi connectivity index (χ3n) is 2.43. The highest BCUT2D eigenvalue weighted by atomic mass is 16.5. The Hall–Kier alpha value is -0.0800. The van der Waals surface area contributed by atoms with Crippen molar-refractivity contribution in [1.82, 2.24) is 4.90 Å². The zero-order valence-corrected chi connectivity index (χ0v) is 6.25. The maximum atomic E-state index is 5.20. The van der Waals surface area contributed by atoms with Gasteiger partial charge in [-0.2, -0.15) is 0 Å². The summed E-state index contributed by atoms with van der Waals surface area (Å²) in [7, 11) is 0. The Kier molecular flexibility index (Phi) is 1.91. The molecule has 2 saturated heterocycles. The van der Waals surface area contributed by atoms with Crippen LogP contribution in [0.3, 0.4) is 0 Å². The zero-order chi connectivity index (χ0) is 6.81. The Morgan fingerprint density at radius 2 is 2.10 bits per heavy atom. The molecule has 57 valence electrons. The van der Waals surface area contributed by atoms with Gasteiger partial charge >= 0.3 is 0 Å². The van der Waals surface area contributed by atoms with E-state index in [-0.39, 0.29) is 0 Å². The molecule has 2 heterocycles. The summed E-state index contributed by atoms with van der Waals surface area (Å²) in [6.45, 7) is 5.46. The minimum absolute atomic E-state index is 0.711. The molecule has 2 fully saturated rings. The fraction of sp³-hybridized carbons (Fsp3) is 0.875. The molecule has 0 aromatic carbocycles. The summed E-state index contributed by atoms with van der Waals surface area (Å²) in [6.07, 6.45) is 3.91. The van der Waals surface area contributed by atoms with Gasteiger partial charge in [0.2, 0.25) is 0 Å². The Labute approximate surface area is 62.2 Å². The number of nitrogens with zero attached hydrogens (tertiary/aromatic N) is 1. The van der Waals surface area contributed by atoms with Crippen LogP contribution in [0.2, 0.25) is 0 Å². The lowest BCUT2D eigenvalue weighted by molar-refractivity contribution is 0.182. The normalized spacial score (nSPS) is 35.4. The summed E-state index contributed by atoms with van der Waals surface area (Å²) in [5.74, 6) is 0. The molecule has 10 heavy (non-hydrogen) atoms. The third-order valence-corrected chi connectivity index (χ3v) is 2.43. The van der Waals surface area contributed by atoms with Crippen molar-refractivity contribution < 1.29 is 4.74 Å². The van der Waals surface area contributed by atoms with Gasteiger partial charge in [0.05, 0.1) is 13.2 Å². The number of hydrogen-bond acceptors (Lipinski definition) is 2. The van der Waals surface area contributed by atoms with Gasteiger partial charge in [0.15, 0.2) is 0 Å². The van der Waals surface area contributed by atoms with Gasteiger partial charge in [-0.15, -0.1) is 0 Å². The van der Waals surface area contributed by atoms with E-state index in [4.69, 9.17) is 4.74 Å². The van der Waals surface area contributed by atoms with E-state index in [0.717, 1.165) is 13.0 Å². The van der Waals surface area contributed by atoms with Crippen LogP contribution in [0.5, 0.6) is 0 Å². The largest absolute Gasteiger partial charge is 0.374 e. The van der Waals surface area contributed by atoms with Crippen LogP contribution in [0.1, 0.15) is 19.3 Å². The summed E-state index contributed by atoms with van der Waals surface area (Å²) in [4.78, 5) is 2.55. The molecule has 0 saturated carbocycles. The van der Waals surface area contributed by atoms with Crippen molar-refractivity contribution in [3.05, 3.63) is 6.61 Å². The smallest absolute Gasteiger partial charge is 0.0853 e. The number of rotatable bonds is 1. The predicted octanol–water partition coefficient (Wildman–Crippen LogP) is 1.03. The van der Waals surface area contributed by atoms with Gasteiger partial charge in [-0.05, 0) is 32.4 Å². The van der Waals surface area contributed by atoms with E-state index in [0.29, 0.717) is 6.04 Å². The summed E-state index contributed by atoms with van der Waals surface area (Å²) in [5, 5.41) is 0. The molecule has 0 amide bonds. The molecule has 2 nitrogen and oxygen atoms in total. The van der Waals surface area contributed by atoms with Gasteiger partial charge in [-0.3, -0.25) is 4.90 Å². The number of likely N-dealkylation sites (tertiary alicyclic amines) is 1. The van der Waals surface area contributed by atoms with Gasteiger partial charge in [-0.1, -0.05) is 0 Å². The fourth-order valence-electron chi connectivity index (χ4n) is 1.79. The van der Waals surface area contributed by atoms with E-state index in [1.807, 2.05) is 6.61 Å². The van der Waals surface area contributed by atoms with E-state index in [1.54, 1.807) is 0 Å². The second kappa shape index (κ2) is 2.89. The van der Waals surface area contributed by atoms with Crippen molar-refractivity contribution in [2.45, 2.75) is 25.3 Å². The van der Waals surface area contributed by atoms with E-state index < -0.39 is 0 Å². The van der Waals surface area contributed by atoms with Crippen molar-refractivity contribution in [2.75, 3.05) is 19.7 Å². The highest BCUT2D eigenvalue weighted by Gasteiger charge is 2.25. The lowest BCUT2D eigenvalue weighted by Crippen LogP contribution is -2.32. The Bertz CT molecular complexity index is 89.8. The average molecular weight is 140 g/mol. The van der Waals surface area contributed by atoms with E-state index >= 15 is 0 Å². The van der Waals surface area contributed by atoms with Gasteiger partial charge in [0, 0.05) is 6.04 Å². The minimum Gasteiger partial charge on any atom is -0.374 e. The van der Waals surface area contributed by atoms with Crippen LogP contribution < -0.4 is 0 Å². The van der Waals surface area contributed by atoms with Crippen molar-refractivity contribution >= 4 is 0 Å². The molecule has 0 spiro atoms. The molecule has 0 bridgehead atoms. The van der Waals surface area contributed by atoms with Gasteiger partial charge < -0.3 is 4.74 Å². The van der Waals surface area contributed by atoms with E-state index in [9.17, 15) is 0 Å². The van der Waals surface area contributed by atoms with Crippen LogP contribution in [0.4, 0.5) is 0 Å². The summed E-state index contributed by atoms with van der Waals surface area (Å²) < 4.78 is 5.20. The zero-order valence-electron chi connectivity index (χ0n) is 6.25. The van der Waals surface area contributed by atoms with Crippen LogP contribution in [0, 0.1) is 6.61 Å². The molecule has 1 atom stereocenters. The molecule has 0 aromatic heterocycles. The first-order chi connectivity index (χ1) is 4.97. The molecule has 0 aliphatic carbocycles. The second-order valence-corrected chi connectivity index (χ2v) is 3.13. The molecular weight excluding hydrogens is 126 g/mol. The van der Waals surface area contributed by atoms with Crippen LogP contribution in [-0.2, 0) is 4.74 Å². The monoisotopic (exact) mass is 140 g/mol. The highest BCUT2D eigenvalue weighted by molar-refractivity contribution is 4.82. The van der Waals surface area contributed by atoms with Crippen LogP contribution in [-0.4, -0.2) is 30.6 Å². The first-order valence-electron chi connectivity index (χ1n) is 4.14. The lowest BCUT2D eigenvalue weighted by atomic mass is 10.2. The Morgan fingerprint density at radius 3 is 2.70 bits per heavy atom. The minimum atomic E-state index is 0.711. The maximum Gasteiger partial charge on any atom is 0.0853 e. The van der Waals surface area contributed by atoms with Crippen LogP contribution >= 0.6 is 0 Å². The molecule has 2 rings (SSSR count). The highest BCUT2D eigenvalue weighted by Crippen LogP contribution is 2.19. The van der Waals surface area contributed by atoms with Gasteiger partial charge in [-0.25, -0.2) is 0 Å². The Balaban J connectivity index is 1.85. The third kappa shape index (κ3) is 1.18. The van der Waals surface area contributed by atoms with Gasteiger partial charge in [0.25, 0.3) is 0 Å². The Morgan fingerprint density at radius 1 is 1.30 bits per heavy atom. The summed E-state index contributed by atoms with van der Waals surface area (Å²) in [5.41, 5.74) is 0. The SMILES string of the molecule is [CH]1CC(N2CCCC2)CO1. The molecule has 1 radical (unpaired) electrons.